The standard InChI is InChI=1S/C21H15FN.C15H28O2.Ir/c1-13-10-14(2)12-15(11-13)21-19-7-6-18-16(4-3-5-20(18)22)17(19)8-9-23-21;1-7-14(5,8-2)12(16)11-13(17)15(6,9-3)10-4;/h3-11H,1-2H3;11,16H,7-10H2,1-6H3;/q-1;;/b;12-11-;. The molecule has 0 unspecified atom stereocenters. The van der Waals surface area contributed by atoms with Crippen molar-refractivity contribution in [2.45, 2.75) is 81.1 Å². The number of carbonyl (C=O) groups is 1. The van der Waals surface area contributed by atoms with Gasteiger partial charge in [0.05, 0.1) is 0 Å². The van der Waals surface area contributed by atoms with E-state index in [0.717, 1.165) is 58.7 Å². The Hall–Kier alpha value is -2.88. The Balaban J connectivity index is 0.000000296. The van der Waals surface area contributed by atoms with Gasteiger partial charge in [0.2, 0.25) is 0 Å². The second-order valence-electron chi connectivity index (χ2n) is 11.3. The molecule has 4 rings (SSSR count). The maximum atomic E-state index is 14.0. The molecule has 0 aliphatic carbocycles. The molecular formula is C36H43FIrNO2-. The molecule has 0 spiro atoms. The largest absolute Gasteiger partial charge is 0.512 e. The fourth-order valence-corrected chi connectivity index (χ4v) is 4.91. The van der Waals surface area contributed by atoms with E-state index in [1.165, 1.54) is 17.7 Å². The fourth-order valence-electron chi connectivity index (χ4n) is 4.91. The molecule has 0 saturated carbocycles. The summed E-state index contributed by atoms with van der Waals surface area (Å²) in [6.45, 7) is 16.2. The van der Waals surface area contributed by atoms with Crippen molar-refractivity contribution >= 4 is 27.3 Å². The number of aromatic nitrogens is 1. The number of pyridine rings is 1. The minimum atomic E-state index is -0.337. The molecule has 41 heavy (non-hydrogen) atoms. The first kappa shape index (κ1) is 34.3. The number of aliphatic hydroxyl groups is 1. The van der Waals surface area contributed by atoms with Gasteiger partial charge in [-0.3, -0.25) is 4.79 Å². The molecule has 5 heteroatoms. The summed E-state index contributed by atoms with van der Waals surface area (Å²) in [5.41, 5.74) is 3.53. The van der Waals surface area contributed by atoms with Gasteiger partial charge in [0, 0.05) is 48.6 Å². The van der Waals surface area contributed by atoms with E-state index < -0.39 is 0 Å². The summed E-state index contributed by atoms with van der Waals surface area (Å²) < 4.78 is 14.0. The van der Waals surface area contributed by atoms with Crippen LogP contribution in [-0.4, -0.2) is 15.9 Å². The first-order chi connectivity index (χ1) is 18.9. The molecule has 1 N–H and O–H groups in total. The molecule has 1 radical (unpaired) electrons. The summed E-state index contributed by atoms with van der Waals surface area (Å²) in [6.07, 6.45) is 6.54. The molecule has 0 fully saturated rings. The zero-order valence-corrected chi connectivity index (χ0v) is 28.0. The number of halogens is 1. The molecule has 0 atom stereocenters. The van der Waals surface area contributed by atoms with E-state index in [4.69, 9.17) is 0 Å². The molecule has 1 heterocycles. The van der Waals surface area contributed by atoms with Crippen molar-refractivity contribution in [3.8, 4) is 11.3 Å². The molecule has 0 aliphatic heterocycles. The average molecular weight is 733 g/mol. The monoisotopic (exact) mass is 733 g/mol. The van der Waals surface area contributed by atoms with Crippen molar-refractivity contribution in [1.82, 2.24) is 4.98 Å². The van der Waals surface area contributed by atoms with Crippen LogP contribution in [0.5, 0.6) is 0 Å². The van der Waals surface area contributed by atoms with Crippen molar-refractivity contribution in [2.75, 3.05) is 0 Å². The van der Waals surface area contributed by atoms with Crippen LogP contribution in [0, 0.1) is 36.6 Å². The Bertz CT molecular complexity index is 1510. The Kier molecular flexibility index (Phi) is 12.0. The molecule has 4 aromatic rings. The van der Waals surface area contributed by atoms with E-state index in [9.17, 15) is 14.3 Å². The van der Waals surface area contributed by atoms with Crippen LogP contribution in [0.3, 0.4) is 0 Å². The van der Waals surface area contributed by atoms with E-state index in [1.807, 2.05) is 72.7 Å². The number of carbonyl (C=O) groups excluding carboxylic acids is 1. The summed E-state index contributed by atoms with van der Waals surface area (Å²) in [5, 5.41) is 13.7. The van der Waals surface area contributed by atoms with Crippen LogP contribution in [-0.2, 0) is 24.9 Å². The Morgan fingerprint density at radius 2 is 1.46 bits per heavy atom. The van der Waals surface area contributed by atoms with Crippen LogP contribution >= 0.6 is 0 Å². The van der Waals surface area contributed by atoms with E-state index in [2.05, 4.69) is 30.1 Å². The molecule has 0 aliphatic rings. The van der Waals surface area contributed by atoms with E-state index in [1.54, 1.807) is 12.3 Å². The molecule has 1 aromatic heterocycles. The van der Waals surface area contributed by atoms with Crippen LogP contribution in [0.4, 0.5) is 4.39 Å². The number of fused-ring (bicyclic) bond motifs is 3. The van der Waals surface area contributed by atoms with Gasteiger partial charge >= 0.3 is 0 Å². The van der Waals surface area contributed by atoms with E-state index in [0.29, 0.717) is 5.39 Å². The van der Waals surface area contributed by atoms with Gasteiger partial charge in [-0.15, -0.1) is 34.9 Å². The second kappa shape index (κ2) is 14.3. The minimum absolute atomic E-state index is 0. The van der Waals surface area contributed by atoms with Gasteiger partial charge in [-0.25, -0.2) is 4.39 Å². The number of benzene rings is 3. The van der Waals surface area contributed by atoms with Gasteiger partial charge in [-0.2, -0.15) is 0 Å². The predicted octanol–water partition coefficient (Wildman–Crippen LogP) is 10.3. The minimum Gasteiger partial charge on any atom is -0.512 e. The first-order valence-corrected chi connectivity index (χ1v) is 14.3. The van der Waals surface area contributed by atoms with Crippen LogP contribution < -0.4 is 0 Å². The summed E-state index contributed by atoms with van der Waals surface area (Å²) in [7, 11) is 0. The fraction of sp³-hybridized carbons (Fsp3) is 0.389. The number of ketones is 1. The number of aliphatic hydroxyl groups excluding tert-OH is 1. The molecule has 0 saturated heterocycles. The van der Waals surface area contributed by atoms with E-state index in [-0.39, 0.29) is 48.3 Å². The van der Waals surface area contributed by atoms with Crippen molar-refractivity contribution in [2.24, 2.45) is 10.8 Å². The maximum Gasteiger partial charge on any atom is 0.164 e. The topological polar surface area (TPSA) is 50.2 Å². The third kappa shape index (κ3) is 7.50. The van der Waals surface area contributed by atoms with Gasteiger partial charge < -0.3 is 10.1 Å². The summed E-state index contributed by atoms with van der Waals surface area (Å²) >= 11 is 0. The van der Waals surface area contributed by atoms with Gasteiger partial charge in [-0.1, -0.05) is 79.7 Å². The Morgan fingerprint density at radius 3 is 2.05 bits per heavy atom. The zero-order chi connectivity index (χ0) is 29.7. The average Bonchev–Trinajstić information content (AvgIpc) is 2.95. The number of aryl methyl sites for hydroxylation is 2. The summed E-state index contributed by atoms with van der Waals surface area (Å²) in [5.74, 6) is 0.0921. The molecule has 3 nitrogen and oxygen atoms in total. The number of rotatable bonds is 8. The van der Waals surface area contributed by atoms with Crippen molar-refractivity contribution in [3.05, 3.63) is 89.6 Å². The van der Waals surface area contributed by atoms with Gasteiger partial charge in [0.25, 0.3) is 0 Å². The first-order valence-electron chi connectivity index (χ1n) is 14.3. The number of allylic oxidation sites excluding steroid dienone is 2. The molecule has 3 aromatic carbocycles. The maximum absolute atomic E-state index is 14.0. The van der Waals surface area contributed by atoms with Crippen LogP contribution in [0.25, 0.3) is 32.8 Å². The molecule has 0 bridgehead atoms. The smallest absolute Gasteiger partial charge is 0.164 e. The van der Waals surface area contributed by atoms with Gasteiger partial charge in [-0.05, 0) is 59.7 Å². The second-order valence-corrected chi connectivity index (χ2v) is 11.3. The van der Waals surface area contributed by atoms with Crippen molar-refractivity contribution in [1.29, 1.82) is 0 Å². The van der Waals surface area contributed by atoms with Crippen LogP contribution in [0.15, 0.2) is 66.6 Å². The zero-order valence-electron chi connectivity index (χ0n) is 25.6. The number of nitrogens with zero attached hydrogens (tertiary/aromatic N) is 1. The molecular weight excluding hydrogens is 690 g/mol. The van der Waals surface area contributed by atoms with Gasteiger partial charge in [0.1, 0.15) is 11.6 Å². The van der Waals surface area contributed by atoms with Gasteiger partial charge in [0.15, 0.2) is 5.78 Å². The van der Waals surface area contributed by atoms with Crippen molar-refractivity contribution < 1.29 is 34.4 Å². The SMILES string of the molecule is CCC(C)(CC)C(=O)/C=C(\O)C(C)(CC)CC.Cc1[c-]c(-c2nccc3c2ccc2c(F)cccc23)cc(C)c1.[Ir]. The Labute approximate surface area is 258 Å². The number of hydrogen-bond donors (Lipinski definition) is 1. The third-order valence-electron chi connectivity index (χ3n) is 8.76. The summed E-state index contributed by atoms with van der Waals surface area (Å²) in [4.78, 5) is 16.7. The molecule has 221 valence electrons. The van der Waals surface area contributed by atoms with Crippen LogP contribution in [0.1, 0.15) is 78.4 Å². The Morgan fingerprint density at radius 1 is 0.878 bits per heavy atom. The predicted molar refractivity (Wildman–Crippen MR) is 166 cm³/mol. The third-order valence-corrected chi connectivity index (χ3v) is 8.76. The summed E-state index contributed by atoms with van der Waals surface area (Å²) in [6, 6.07) is 18.5. The quantitative estimate of drug-likeness (QED) is 0.0850. The number of hydrogen-bond acceptors (Lipinski definition) is 3. The van der Waals surface area contributed by atoms with E-state index >= 15 is 0 Å². The molecule has 0 amide bonds. The van der Waals surface area contributed by atoms with Crippen molar-refractivity contribution in [3.63, 3.8) is 0 Å². The normalized spacial score (nSPS) is 12.1. The van der Waals surface area contributed by atoms with Crippen LogP contribution in [0.2, 0.25) is 0 Å².